The van der Waals surface area contributed by atoms with Gasteiger partial charge in [-0.1, -0.05) is 19.4 Å². The van der Waals surface area contributed by atoms with Crippen molar-refractivity contribution in [3.8, 4) is 0 Å². The van der Waals surface area contributed by atoms with E-state index in [9.17, 15) is 32.6 Å². The van der Waals surface area contributed by atoms with E-state index in [1.165, 1.54) is 0 Å². The molecule has 1 nitrogen and oxygen atoms in total. The van der Waals surface area contributed by atoms with Crippen LogP contribution in [-0.2, 0) is 0 Å². The van der Waals surface area contributed by atoms with Crippen LogP contribution >= 0.6 is 22.0 Å². The minimum atomic E-state index is -10.3. The fourth-order valence-electron chi connectivity index (χ4n) is 1.07. The molecule has 1 heterocycles. The first-order valence-electron chi connectivity index (χ1n) is 3.29. The molecule has 11 heteroatoms. The quantitative estimate of drug-likeness (QED) is 0.420. The van der Waals surface area contributed by atoms with Gasteiger partial charge in [0.25, 0.3) is 0 Å². The molecule has 2 atom stereocenters. The Bertz CT molecular complexity index is 292. The average molecular weight is 286 g/mol. The molecule has 15 heavy (non-hydrogen) atoms. The van der Waals surface area contributed by atoms with Crippen LogP contribution in [0.4, 0.5) is 32.6 Å². The summed E-state index contributed by atoms with van der Waals surface area (Å²) < 4.78 is 94.3. The van der Waals surface area contributed by atoms with Crippen molar-refractivity contribution in [1.82, 2.24) is 4.31 Å². The van der Waals surface area contributed by atoms with Crippen LogP contribution in [-0.4, -0.2) is 28.4 Å². The molecule has 1 aliphatic heterocycles. The van der Waals surface area contributed by atoms with Gasteiger partial charge in [-0.05, 0) is 0 Å². The fraction of sp³-hybridized carbons (Fsp3) is 1.00. The van der Waals surface area contributed by atoms with Crippen LogP contribution in [0.5, 0.6) is 0 Å². The van der Waals surface area contributed by atoms with Crippen molar-refractivity contribution in [2.75, 3.05) is 12.4 Å². The standard InChI is InChI=1S/C4H4ClF8NS/c5-1-3(4(6,7)8)2-14(3)15(9,10,11,12)13/h1-2H2. The van der Waals surface area contributed by atoms with Crippen molar-refractivity contribution in [2.24, 2.45) is 0 Å². The minimum absolute atomic E-state index is 1.58. The molecule has 0 aromatic carbocycles. The second-order valence-electron chi connectivity index (χ2n) is 3.13. The van der Waals surface area contributed by atoms with Crippen LogP contribution in [0.25, 0.3) is 0 Å². The summed E-state index contributed by atoms with van der Waals surface area (Å²) >= 11 is 4.69. The Morgan fingerprint density at radius 2 is 1.53 bits per heavy atom. The Kier molecular flexibility index (Phi) is 2.03. The SMILES string of the molecule is FC(F)(F)C1(CCl)CN1S(F)(F)(F)(F)F. The molecule has 0 aromatic heterocycles. The van der Waals surface area contributed by atoms with E-state index in [0.717, 1.165) is 0 Å². The topological polar surface area (TPSA) is 3.01 Å². The lowest BCUT2D eigenvalue weighted by Gasteiger charge is -2.43. The molecule has 1 fully saturated rings. The predicted octanol–water partition coefficient (Wildman–Crippen LogP) is 4.06. The molecule has 0 aromatic rings. The highest BCUT2D eigenvalue weighted by atomic mass is 35.5. The predicted molar refractivity (Wildman–Crippen MR) is 39.3 cm³/mol. The van der Waals surface area contributed by atoms with Gasteiger partial charge < -0.3 is 0 Å². The van der Waals surface area contributed by atoms with Crippen LogP contribution in [0, 0.1) is 0 Å². The maximum atomic E-state index is 12.1. The summed E-state index contributed by atoms with van der Waals surface area (Å²) in [6.45, 7) is -1.85. The lowest BCUT2D eigenvalue weighted by Crippen LogP contribution is -2.41. The summed E-state index contributed by atoms with van der Waals surface area (Å²) in [5.41, 5.74) is -3.67. The van der Waals surface area contributed by atoms with Crippen LogP contribution < -0.4 is 0 Å². The highest BCUT2D eigenvalue weighted by Crippen LogP contribution is 3.03. The molecular weight excluding hydrogens is 282 g/mol. The first-order chi connectivity index (χ1) is 6.14. The molecule has 0 spiro atoms. The molecule has 0 aliphatic carbocycles. The summed E-state index contributed by atoms with van der Waals surface area (Å²) in [7, 11) is -10.3. The van der Waals surface area contributed by atoms with Crippen molar-refractivity contribution in [3.05, 3.63) is 0 Å². The van der Waals surface area contributed by atoms with Gasteiger partial charge in [0, 0.05) is 6.54 Å². The van der Waals surface area contributed by atoms with Crippen molar-refractivity contribution in [2.45, 2.75) is 11.7 Å². The molecule has 2 unspecified atom stereocenters. The highest BCUT2D eigenvalue weighted by Gasteiger charge is 2.87. The van der Waals surface area contributed by atoms with Crippen LogP contribution in [0.3, 0.4) is 0 Å². The summed E-state index contributed by atoms with van der Waals surface area (Å²) in [5.74, 6) is -1.58. The summed E-state index contributed by atoms with van der Waals surface area (Å²) in [5, 5.41) is 0. The molecule has 0 saturated carbocycles. The Morgan fingerprint density at radius 3 is 1.60 bits per heavy atom. The van der Waals surface area contributed by atoms with Gasteiger partial charge in [0.2, 0.25) is 0 Å². The Balaban J connectivity index is 3.11. The van der Waals surface area contributed by atoms with E-state index >= 15 is 0 Å². The molecular formula is C4H4ClF8NS. The normalized spacial score (nSPS) is 37.0. The van der Waals surface area contributed by atoms with Crippen LogP contribution in [0.1, 0.15) is 0 Å². The molecule has 1 aliphatic rings. The first-order valence-corrected chi connectivity index (χ1v) is 5.73. The third-order valence-corrected chi connectivity index (χ3v) is 3.70. The Hall–Kier alpha value is 0.0400. The number of hydrogen-bond donors (Lipinski definition) is 0. The van der Waals surface area contributed by atoms with Gasteiger partial charge in [-0.3, -0.25) is 0 Å². The minimum Gasteiger partial charge on any atom is -0.169 e. The zero-order valence-electron chi connectivity index (χ0n) is 6.67. The van der Waals surface area contributed by atoms with Crippen molar-refractivity contribution in [3.63, 3.8) is 0 Å². The maximum absolute atomic E-state index is 12.1. The maximum Gasteiger partial charge on any atom is 0.410 e. The van der Waals surface area contributed by atoms with E-state index in [1.807, 2.05) is 0 Å². The zero-order valence-corrected chi connectivity index (χ0v) is 8.24. The Labute approximate surface area is 83.8 Å². The van der Waals surface area contributed by atoms with Gasteiger partial charge in [0.1, 0.15) is 0 Å². The van der Waals surface area contributed by atoms with Gasteiger partial charge in [0.05, 0.1) is 5.88 Å². The van der Waals surface area contributed by atoms with E-state index in [4.69, 9.17) is 0 Å². The number of rotatable bonds is 2. The lowest BCUT2D eigenvalue weighted by molar-refractivity contribution is -0.161. The third-order valence-electron chi connectivity index (χ3n) is 1.94. The number of alkyl halides is 4. The van der Waals surface area contributed by atoms with Gasteiger partial charge in [-0.2, -0.15) is 13.2 Å². The second-order valence-corrected chi connectivity index (χ2v) is 5.69. The zero-order chi connectivity index (χ0) is 12.4. The summed E-state index contributed by atoms with van der Waals surface area (Å²) in [6, 6.07) is 0. The largest absolute Gasteiger partial charge is 0.410 e. The van der Waals surface area contributed by atoms with Crippen molar-refractivity contribution < 1.29 is 32.6 Å². The lowest BCUT2D eigenvalue weighted by atomic mass is 10.2. The van der Waals surface area contributed by atoms with E-state index in [-0.39, 0.29) is 0 Å². The molecule has 94 valence electrons. The smallest absolute Gasteiger partial charge is 0.169 e. The molecule has 0 amide bonds. The van der Waals surface area contributed by atoms with Crippen molar-refractivity contribution in [1.29, 1.82) is 0 Å². The second kappa shape index (κ2) is 2.33. The third kappa shape index (κ3) is 2.11. The van der Waals surface area contributed by atoms with Gasteiger partial charge in [-0.25, -0.2) is 0 Å². The number of nitrogens with zero attached hydrogens (tertiary/aromatic N) is 1. The van der Waals surface area contributed by atoms with Gasteiger partial charge in [-0.15, -0.1) is 15.9 Å². The number of hydrogen-bond acceptors (Lipinski definition) is 1. The summed E-state index contributed by atoms with van der Waals surface area (Å²) in [6.07, 6.45) is -5.44. The molecule has 0 N–H and O–H groups in total. The van der Waals surface area contributed by atoms with Gasteiger partial charge in [0.15, 0.2) is 5.54 Å². The number of halogens is 9. The monoisotopic (exact) mass is 285 g/mol. The average Bonchev–Trinajstić information content (AvgIpc) is 2.54. The van der Waals surface area contributed by atoms with E-state index in [0.29, 0.717) is 0 Å². The molecule has 0 radical (unpaired) electrons. The van der Waals surface area contributed by atoms with Gasteiger partial charge >= 0.3 is 16.6 Å². The van der Waals surface area contributed by atoms with Crippen LogP contribution in [0.2, 0.25) is 0 Å². The highest BCUT2D eigenvalue weighted by molar-refractivity contribution is 8.44. The van der Waals surface area contributed by atoms with Crippen molar-refractivity contribution >= 4 is 22.0 Å². The Morgan fingerprint density at radius 1 is 1.13 bits per heavy atom. The fourth-order valence-corrected chi connectivity index (χ4v) is 2.81. The van der Waals surface area contributed by atoms with E-state index < -0.39 is 38.9 Å². The molecule has 0 bridgehead atoms. The first kappa shape index (κ1) is 13.1. The van der Waals surface area contributed by atoms with Crippen LogP contribution in [0.15, 0.2) is 0 Å². The molecule has 1 saturated heterocycles. The summed E-state index contributed by atoms with van der Waals surface area (Å²) in [4.78, 5) is 0. The van der Waals surface area contributed by atoms with E-state index in [2.05, 4.69) is 11.6 Å². The van der Waals surface area contributed by atoms with E-state index in [1.54, 1.807) is 0 Å². The molecule has 1 rings (SSSR count).